The van der Waals surface area contributed by atoms with Crippen molar-refractivity contribution >= 4 is 0 Å². The molecule has 9 heavy (non-hydrogen) atoms. The number of ether oxygens (including phenoxy) is 1. The van der Waals surface area contributed by atoms with Crippen molar-refractivity contribution in [1.82, 2.24) is 5.01 Å². The Labute approximate surface area is 55.7 Å². The SMILES string of the molecule is COCCC1CN(N)C1. The first-order chi connectivity index (χ1) is 4.33. The molecule has 2 N–H and O–H groups in total. The van der Waals surface area contributed by atoms with Crippen LogP contribution in [0, 0.1) is 5.92 Å². The van der Waals surface area contributed by atoms with Gasteiger partial charge in [-0.15, -0.1) is 0 Å². The molecule has 0 aliphatic carbocycles. The van der Waals surface area contributed by atoms with Crippen molar-refractivity contribution in [1.29, 1.82) is 0 Å². The van der Waals surface area contributed by atoms with Gasteiger partial charge in [-0.1, -0.05) is 0 Å². The smallest absolute Gasteiger partial charge is 0.0465 e. The maximum absolute atomic E-state index is 5.43. The molecular formula is C6H14N2O. The van der Waals surface area contributed by atoms with E-state index in [0.29, 0.717) is 0 Å². The minimum absolute atomic E-state index is 0.787. The van der Waals surface area contributed by atoms with Crippen molar-refractivity contribution in [3.8, 4) is 0 Å². The van der Waals surface area contributed by atoms with Gasteiger partial charge in [0.15, 0.2) is 0 Å². The number of nitrogens with zero attached hydrogens (tertiary/aromatic N) is 1. The summed E-state index contributed by atoms with van der Waals surface area (Å²) in [5.41, 5.74) is 0. The average Bonchev–Trinajstić information content (AvgIpc) is 1.78. The molecule has 0 aromatic carbocycles. The van der Waals surface area contributed by atoms with E-state index >= 15 is 0 Å². The van der Waals surface area contributed by atoms with E-state index in [1.165, 1.54) is 0 Å². The summed E-state index contributed by atoms with van der Waals surface area (Å²) < 4.78 is 4.92. The van der Waals surface area contributed by atoms with Crippen molar-refractivity contribution in [2.75, 3.05) is 26.8 Å². The Morgan fingerprint density at radius 2 is 2.33 bits per heavy atom. The first-order valence-corrected chi connectivity index (χ1v) is 3.31. The molecule has 54 valence electrons. The molecule has 0 unspecified atom stereocenters. The largest absolute Gasteiger partial charge is 0.385 e. The molecule has 1 fully saturated rings. The van der Waals surface area contributed by atoms with Gasteiger partial charge in [-0.3, -0.25) is 5.84 Å². The number of hydrogen-bond donors (Lipinski definition) is 1. The molecule has 0 bridgehead atoms. The van der Waals surface area contributed by atoms with E-state index in [2.05, 4.69) is 0 Å². The third-order valence-corrected chi connectivity index (χ3v) is 1.72. The van der Waals surface area contributed by atoms with Crippen molar-refractivity contribution in [2.45, 2.75) is 6.42 Å². The predicted molar refractivity (Wildman–Crippen MR) is 35.7 cm³/mol. The standard InChI is InChI=1S/C6H14N2O/c1-9-3-2-6-4-8(7)5-6/h6H,2-5,7H2,1H3. The highest BCUT2D eigenvalue weighted by molar-refractivity contribution is 4.74. The highest BCUT2D eigenvalue weighted by Gasteiger charge is 2.22. The Kier molecular flexibility index (Phi) is 2.45. The summed E-state index contributed by atoms with van der Waals surface area (Å²) in [6, 6.07) is 0. The molecule has 0 aromatic rings. The fourth-order valence-electron chi connectivity index (χ4n) is 1.08. The number of rotatable bonds is 3. The summed E-state index contributed by atoms with van der Waals surface area (Å²) >= 11 is 0. The maximum Gasteiger partial charge on any atom is 0.0465 e. The summed E-state index contributed by atoms with van der Waals surface area (Å²) in [6.45, 7) is 2.96. The van der Waals surface area contributed by atoms with E-state index in [9.17, 15) is 0 Å². The Morgan fingerprint density at radius 1 is 1.67 bits per heavy atom. The van der Waals surface area contributed by atoms with Gasteiger partial charge < -0.3 is 4.74 Å². The second-order valence-electron chi connectivity index (χ2n) is 2.60. The van der Waals surface area contributed by atoms with Gasteiger partial charge in [0.05, 0.1) is 0 Å². The first-order valence-electron chi connectivity index (χ1n) is 3.31. The zero-order valence-electron chi connectivity index (χ0n) is 5.84. The summed E-state index contributed by atoms with van der Waals surface area (Å²) in [7, 11) is 1.74. The van der Waals surface area contributed by atoms with Crippen LogP contribution < -0.4 is 5.84 Å². The van der Waals surface area contributed by atoms with Crippen LogP contribution in [0.2, 0.25) is 0 Å². The number of hydrazine groups is 1. The lowest BCUT2D eigenvalue weighted by Gasteiger charge is -2.35. The molecule has 0 radical (unpaired) electrons. The average molecular weight is 130 g/mol. The summed E-state index contributed by atoms with van der Waals surface area (Å²) in [5.74, 6) is 6.22. The third-order valence-electron chi connectivity index (χ3n) is 1.72. The normalized spacial score (nSPS) is 22.0. The lowest BCUT2D eigenvalue weighted by atomic mass is 9.99. The Hall–Kier alpha value is -0.120. The third kappa shape index (κ3) is 1.93. The molecule has 3 nitrogen and oxygen atoms in total. The Balaban J connectivity index is 1.91. The maximum atomic E-state index is 5.43. The minimum atomic E-state index is 0.787. The van der Waals surface area contributed by atoms with Gasteiger partial charge in [-0.2, -0.15) is 0 Å². The van der Waals surface area contributed by atoms with Crippen molar-refractivity contribution in [2.24, 2.45) is 11.8 Å². The van der Waals surface area contributed by atoms with Crippen LogP contribution in [0.15, 0.2) is 0 Å². The highest BCUT2D eigenvalue weighted by Crippen LogP contribution is 2.14. The minimum Gasteiger partial charge on any atom is -0.385 e. The molecule has 1 aliphatic rings. The second-order valence-corrected chi connectivity index (χ2v) is 2.60. The molecule has 0 saturated carbocycles. The fraction of sp³-hybridized carbons (Fsp3) is 1.00. The Bertz CT molecular complexity index is 81.1. The topological polar surface area (TPSA) is 38.5 Å². The van der Waals surface area contributed by atoms with Crippen LogP contribution >= 0.6 is 0 Å². The molecule has 0 spiro atoms. The second kappa shape index (κ2) is 3.15. The van der Waals surface area contributed by atoms with E-state index in [1.807, 2.05) is 5.01 Å². The van der Waals surface area contributed by atoms with Crippen LogP contribution in [0.25, 0.3) is 0 Å². The van der Waals surface area contributed by atoms with Crippen molar-refractivity contribution < 1.29 is 4.74 Å². The molecular weight excluding hydrogens is 116 g/mol. The monoisotopic (exact) mass is 130 g/mol. The Morgan fingerprint density at radius 3 is 2.78 bits per heavy atom. The molecule has 1 aliphatic heterocycles. The molecule has 1 heterocycles. The first kappa shape index (κ1) is 6.99. The summed E-state index contributed by atoms with van der Waals surface area (Å²) in [4.78, 5) is 0. The number of methoxy groups -OCH3 is 1. The van der Waals surface area contributed by atoms with Gasteiger partial charge in [0.2, 0.25) is 0 Å². The predicted octanol–water partition coefficient (Wildman–Crippen LogP) is -0.172. The zero-order chi connectivity index (χ0) is 6.69. The molecule has 0 amide bonds. The van der Waals surface area contributed by atoms with Crippen LogP contribution in [-0.4, -0.2) is 31.8 Å². The van der Waals surface area contributed by atoms with Crippen LogP contribution in [0.5, 0.6) is 0 Å². The van der Waals surface area contributed by atoms with Gasteiger partial charge in [0, 0.05) is 26.8 Å². The number of nitrogens with two attached hydrogens (primary N) is 1. The van der Waals surface area contributed by atoms with Gasteiger partial charge >= 0.3 is 0 Å². The van der Waals surface area contributed by atoms with E-state index in [0.717, 1.165) is 32.0 Å². The van der Waals surface area contributed by atoms with Crippen LogP contribution in [0.3, 0.4) is 0 Å². The summed E-state index contributed by atoms with van der Waals surface area (Å²) in [6.07, 6.45) is 1.16. The highest BCUT2D eigenvalue weighted by atomic mass is 16.5. The van der Waals surface area contributed by atoms with E-state index in [4.69, 9.17) is 10.6 Å². The number of hydrogen-bond acceptors (Lipinski definition) is 3. The zero-order valence-corrected chi connectivity index (χ0v) is 5.84. The van der Waals surface area contributed by atoms with Crippen LogP contribution in [0.4, 0.5) is 0 Å². The van der Waals surface area contributed by atoms with E-state index in [-0.39, 0.29) is 0 Å². The summed E-state index contributed by atoms with van der Waals surface area (Å²) in [5, 5.41) is 1.83. The van der Waals surface area contributed by atoms with Crippen LogP contribution in [0.1, 0.15) is 6.42 Å². The molecule has 1 saturated heterocycles. The van der Waals surface area contributed by atoms with E-state index < -0.39 is 0 Å². The molecule has 3 heteroatoms. The fourth-order valence-corrected chi connectivity index (χ4v) is 1.08. The van der Waals surface area contributed by atoms with Gasteiger partial charge in [-0.25, -0.2) is 5.01 Å². The van der Waals surface area contributed by atoms with E-state index in [1.54, 1.807) is 7.11 Å². The molecule has 0 atom stereocenters. The quantitative estimate of drug-likeness (QED) is 0.539. The van der Waals surface area contributed by atoms with Gasteiger partial charge in [0.25, 0.3) is 0 Å². The van der Waals surface area contributed by atoms with Crippen molar-refractivity contribution in [3.63, 3.8) is 0 Å². The molecule has 0 aromatic heterocycles. The lowest BCUT2D eigenvalue weighted by Crippen LogP contribution is -2.51. The lowest BCUT2D eigenvalue weighted by molar-refractivity contribution is 0.0697. The van der Waals surface area contributed by atoms with Crippen LogP contribution in [-0.2, 0) is 4.74 Å². The molecule has 1 rings (SSSR count). The van der Waals surface area contributed by atoms with Gasteiger partial charge in [-0.05, 0) is 12.3 Å². The van der Waals surface area contributed by atoms with Gasteiger partial charge in [0.1, 0.15) is 0 Å². The van der Waals surface area contributed by atoms with Crippen molar-refractivity contribution in [3.05, 3.63) is 0 Å².